The van der Waals surface area contributed by atoms with E-state index in [9.17, 15) is 4.79 Å². The number of carbonyl (C=O) groups excluding carboxylic acids is 1. The Balaban J connectivity index is 1.50. The van der Waals surface area contributed by atoms with E-state index in [0.717, 1.165) is 36.3 Å². The van der Waals surface area contributed by atoms with Crippen molar-refractivity contribution in [1.29, 1.82) is 0 Å². The molecule has 0 saturated carbocycles. The van der Waals surface area contributed by atoms with Gasteiger partial charge in [0.2, 0.25) is 5.91 Å². The van der Waals surface area contributed by atoms with Gasteiger partial charge in [0, 0.05) is 0 Å². The van der Waals surface area contributed by atoms with E-state index in [1.807, 2.05) is 31.2 Å². The maximum atomic E-state index is 12.9. The van der Waals surface area contributed by atoms with Crippen molar-refractivity contribution in [3.63, 3.8) is 0 Å². The Kier molecular flexibility index (Phi) is 4.35. The van der Waals surface area contributed by atoms with Gasteiger partial charge in [0.05, 0.1) is 12.0 Å². The van der Waals surface area contributed by atoms with Crippen LogP contribution in [0.5, 0.6) is 11.5 Å². The number of hydrogen-bond acceptors (Lipinski definition) is 3. The fraction of sp³-hybridized carbons (Fsp3) is 0.381. The van der Waals surface area contributed by atoms with Crippen LogP contribution in [0.15, 0.2) is 42.5 Å². The highest BCUT2D eigenvalue weighted by Gasteiger charge is 2.27. The molecule has 0 radical (unpaired) electrons. The Labute approximate surface area is 148 Å². The molecule has 2 atom stereocenters. The number of aryl methyl sites for hydroxylation is 1. The fourth-order valence-electron chi connectivity index (χ4n) is 3.75. The molecule has 130 valence electrons. The third kappa shape index (κ3) is 3.21. The third-order valence-electron chi connectivity index (χ3n) is 5.11. The number of benzene rings is 2. The van der Waals surface area contributed by atoms with Crippen LogP contribution in [0.1, 0.15) is 48.4 Å². The molecule has 0 aromatic heterocycles. The summed E-state index contributed by atoms with van der Waals surface area (Å²) in [4.78, 5) is 12.9. The van der Waals surface area contributed by atoms with Gasteiger partial charge in [0.15, 0.2) is 11.5 Å². The lowest BCUT2D eigenvalue weighted by atomic mass is 9.82. The Morgan fingerprint density at radius 3 is 2.80 bits per heavy atom. The Morgan fingerprint density at radius 2 is 1.92 bits per heavy atom. The van der Waals surface area contributed by atoms with Crippen LogP contribution in [0.4, 0.5) is 0 Å². The number of amides is 1. The van der Waals surface area contributed by atoms with Crippen molar-refractivity contribution in [3.8, 4) is 11.5 Å². The second-order valence-corrected chi connectivity index (χ2v) is 6.78. The standard InChI is InChI=1S/C21H23NO3/c1-14(16-9-10-19-20(13-16)25-12-11-24-19)22-21(23)18-8-4-6-15-5-2-3-7-17(15)18/h2-3,5,7,9-10,13-14,18H,4,6,8,11-12H2,1H3,(H,22,23). The SMILES string of the molecule is CC(NC(=O)C1CCCc2ccccc21)c1ccc2c(c1)OCCO2. The van der Waals surface area contributed by atoms with Gasteiger partial charge in [-0.25, -0.2) is 0 Å². The number of ether oxygens (including phenoxy) is 2. The van der Waals surface area contributed by atoms with Gasteiger partial charge in [-0.2, -0.15) is 0 Å². The van der Waals surface area contributed by atoms with E-state index in [2.05, 4.69) is 23.5 Å². The lowest BCUT2D eigenvalue weighted by Gasteiger charge is -2.27. The first-order valence-electron chi connectivity index (χ1n) is 9.00. The lowest BCUT2D eigenvalue weighted by molar-refractivity contribution is -0.123. The molecule has 1 N–H and O–H groups in total. The molecule has 4 rings (SSSR count). The summed E-state index contributed by atoms with van der Waals surface area (Å²) in [5, 5.41) is 3.18. The molecule has 2 aliphatic rings. The zero-order chi connectivity index (χ0) is 17.2. The van der Waals surface area contributed by atoms with Crippen molar-refractivity contribution in [1.82, 2.24) is 5.32 Å². The first kappa shape index (κ1) is 16.0. The number of carbonyl (C=O) groups is 1. The molecular formula is C21H23NO3. The molecule has 4 nitrogen and oxygen atoms in total. The highest BCUT2D eigenvalue weighted by Crippen LogP contribution is 2.34. The average molecular weight is 337 g/mol. The average Bonchev–Trinajstić information content (AvgIpc) is 2.67. The molecule has 2 aromatic rings. The quantitative estimate of drug-likeness (QED) is 0.928. The number of hydrogen-bond donors (Lipinski definition) is 1. The van der Waals surface area contributed by atoms with E-state index in [-0.39, 0.29) is 17.9 Å². The van der Waals surface area contributed by atoms with Crippen molar-refractivity contribution < 1.29 is 14.3 Å². The first-order chi connectivity index (χ1) is 12.2. The molecule has 1 aliphatic carbocycles. The Hall–Kier alpha value is -2.49. The maximum Gasteiger partial charge on any atom is 0.228 e. The van der Waals surface area contributed by atoms with Crippen LogP contribution >= 0.6 is 0 Å². The number of fused-ring (bicyclic) bond motifs is 2. The molecule has 0 spiro atoms. The van der Waals surface area contributed by atoms with Crippen LogP contribution in [-0.2, 0) is 11.2 Å². The molecule has 1 heterocycles. The van der Waals surface area contributed by atoms with Crippen molar-refractivity contribution in [2.45, 2.75) is 38.1 Å². The molecule has 0 bridgehead atoms. The maximum absolute atomic E-state index is 12.9. The summed E-state index contributed by atoms with van der Waals surface area (Å²) in [7, 11) is 0. The van der Waals surface area contributed by atoms with Crippen LogP contribution in [-0.4, -0.2) is 19.1 Å². The fourth-order valence-corrected chi connectivity index (χ4v) is 3.75. The summed E-state index contributed by atoms with van der Waals surface area (Å²) in [5.41, 5.74) is 3.52. The van der Waals surface area contributed by atoms with Crippen LogP contribution < -0.4 is 14.8 Å². The van der Waals surface area contributed by atoms with Gasteiger partial charge < -0.3 is 14.8 Å². The second kappa shape index (κ2) is 6.79. The van der Waals surface area contributed by atoms with Gasteiger partial charge in [0.1, 0.15) is 13.2 Å². The largest absolute Gasteiger partial charge is 0.486 e. The van der Waals surface area contributed by atoms with E-state index in [1.54, 1.807) is 0 Å². The summed E-state index contributed by atoms with van der Waals surface area (Å²) in [6.45, 7) is 3.16. The van der Waals surface area contributed by atoms with Gasteiger partial charge >= 0.3 is 0 Å². The third-order valence-corrected chi connectivity index (χ3v) is 5.11. The minimum absolute atomic E-state index is 0.0513. The molecule has 4 heteroatoms. The molecule has 2 aromatic carbocycles. The van der Waals surface area contributed by atoms with Crippen molar-refractivity contribution in [2.24, 2.45) is 0 Å². The van der Waals surface area contributed by atoms with Gasteiger partial charge in [-0.3, -0.25) is 4.79 Å². The summed E-state index contributed by atoms with van der Waals surface area (Å²) in [6, 6.07) is 14.1. The molecule has 1 amide bonds. The van der Waals surface area contributed by atoms with Crippen molar-refractivity contribution in [2.75, 3.05) is 13.2 Å². The predicted octanol–water partition coefficient (Wildman–Crippen LogP) is 3.76. The minimum atomic E-state index is -0.0718. The summed E-state index contributed by atoms with van der Waals surface area (Å²) in [6.07, 6.45) is 3.04. The Bertz CT molecular complexity index is 786. The highest BCUT2D eigenvalue weighted by atomic mass is 16.6. The monoisotopic (exact) mass is 337 g/mol. The molecule has 25 heavy (non-hydrogen) atoms. The molecular weight excluding hydrogens is 314 g/mol. The zero-order valence-corrected chi connectivity index (χ0v) is 14.5. The van der Waals surface area contributed by atoms with Crippen LogP contribution in [0, 0.1) is 0 Å². The summed E-state index contributed by atoms with van der Waals surface area (Å²) in [5.74, 6) is 1.58. The molecule has 0 fully saturated rings. The smallest absolute Gasteiger partial charge is 0.228 e. The van der Waals surface area contributed by atoms with Gasteiger partial charge in [-0.1, -0.05) is 30.3 Å². The number of nitrogens with one attached hydrogen (secondary N) is 1. The van der Waals surface area contributed by atoms with Gasteiger partial charge in [-0.15, -0.1) is 0 Å². The predicted molar refractivity (Wildman–Crippen MR) is 96.1 cm³/mol. The van der Waals surface area contributed by atoms with Crippen LogP contribution in [0.25, 0.3) is 0 Å². The lowest BCUT2D eigenvalue weighted by Crippen LogP contribution is -2.33. The number of rotatable bonds is 3. The molecule has 2 unspecified atom stereocenters. The normalized spacial score (nSPS) is 19.6. The van der Waals surface area contributed by atoms with E-state index in [1.165, 1.54) is 11.1 Å². The van der Waals surface area contributed by atoms with E-state index in [0.29, 0.717) is 13.2 Å². The van der Waals surface area contributed by atoms with Crippen molar-refractivity contribution >= 4 is 5.91 Å². The van der Waals surface area contributed by atoms with Gasteiger partial charge in [0.25, 0.3) is 0 Å². The van der Waals surface area contributed by atoms with Gasteiger partial charge in [-0.05, 0) is 55.0 Å². The zero-order valence-electron chi connectivity index (χ0n) is 14.5. The first-order valence-corrected chi connectivity index (χ1v) is 9.00. The van der Waals surface area contributed by atoms with E-state index < -0.39 is 0 Å². The van der Waals surface area contributed by atoms with E-state index >= 15 is 0 Å². The van der Waals surface area contributed by atoms with Crippen molar-refractivity contribution in [3.05, 3.63) is 59.2 Å². The summed E-state index contributed by atoms with van der Waals surface area (Å²) >= 11 is 0. The van der Waals surface area contributed by atoms with Crippen LogP contribution in [0.2, 0.25) is 0 Å². The molecule has 0 saturated heterocycles. The second-order valence-electron chi connectivity index (χ2n) is 6.78. The minimum Gasteiger partial charge on any atom is -0.486 e. The topological polar surface area (TPSA) is 47.6 Å². The molecule has 1 aliphatic heterocycles. The Morgan fingerprint density at radius 1 is 1.12 bits per heavy atom. The van der Waals surface area contributed by atoms with Crippen LogP contribution in [0.3, 0.4) is 0 Å². The van der Waals surface area contributed by atoms with E-state index in [4.69, 9.17) is 9.47 Å². The summed E-state index contributed by atoms with van der Waals surface area (Å²) < 4.78 is 11.2. The highest BCUT2D eigenvalue weighted by molar-refractivity contribution is 5.84.